The number of nitrogens with one attached hydrogen (secondary N) is 1. The van der Waals surface area contributed by atoms with Gasteiger partial charge < -0.3 is 20.0 Å². The molecule has 2 saturated heterocycles. The van der Waals surface area contributed by atoms with Gasteiger partial charge in [0, 0.05) is 34.1 Å². The van der Waals surface area contributed by atoms with Gasteiger partial charge in [0.2, 0.25) is 5.91 Å². The van der Waals surface area contributed by atoms with Crippen molar-refractivity contribution in [3.05, 3.63) is 35.4 Å². The molecule has 0 saturated carbocycles. The molecule has 1 spiro atoms. The molecule has 1 atom stereocenters. The lowest BCUT2D eigenvalue weighted by atomic mass is 9.63. The molecule has 176 valence electrons. The number of benzene rings is 1. The molecule has 0 aromatic heterocycles. The van der Waals surface area contributed by atoms with Crippen LogP contribution in [0.25, 0.3) is 0 Å². The third kappa shape index (κ3) is 4.95. The van der Waals surface area contributed by atoms with E-state index in [9.17, 15) is 9.59 Å². The summed E-state index contributed by atoms with van der Waals surface area (Å²) in [5, 5.41) is 3.16. The summed E-state index contributed by atoms with van der Waals surface area (Å²) in [5.41, 5.74) is 3.09. The molecule has 1 aromatic carbocycles. The van der Waals surface area contributed by atoms with Crippen molar-refractivity contribution in [3.63, 3.8) is 0 Å². The second kappa shape index (κ2) is 9.82. The van der Waals surface area contributed by atoms with Crippen LogP contribution in [-0.4, -0.2) is 73.5 Å². The van der Waals surface area contributed by atoms with Crippen LogP contribution in [0.4, 0.5) is 4.79 Å². The molecule has 0 bridgehead atoms. The molecule has 0 radical (unpaired) electrons. The Balaban J connectivity index is 1.28. The number of nitrogens with zero attached hydrogens (tertiary/aromatic N) is 3. The summed E-state index contributed by atoms with van der Waals surface area (Å²) in [6.45, 7) is 6.93. The van der Waals surface area contributed by atoms with Gasteiger partial charge in [-0.2, -0.15) is 0 Å². The lowest BCUT2D eigenvalue weighted by molar-refractivity contribution is -0.119. The van der Waals surface area contributed by atoms with Gasteiger partial charge in [0.25, 0.3) is 0 Å². The zero-order chi connectivity index (χ0) is 22.7. The van der Waals surface area contributed by atoms with Gasteiger partial charge in [-0.3, -0.25) is 4.79 Å². The van der Waals surface area contributed by atoms with Crippen LogP contribution < -0.4 is 5.32 Å². The zero-order valence-electron chi connectivity index (χ0n) is 20.1. The Bertz CT molecular complexity index is 808. The molecule has 3 amide bonds. The van der Waals surface area contributed by atoms with Gasteiger partial charge in [-0.05, 0) is 87.0 Å². The number of amides is 3. The van der Waals surface area contributed by atoms with Gasteiger partial charge in [0.1, 0.15) is 0 Å². The van der Waals surface area contributed by atoms with Gasteiger partial charge in [0.05, 0.1) is 6.04 Å². The van der Waals surface area contributed by atoms with E-state index in [4.69, 9.17) is 0 Å². The van der Waals surface area contributed by atoms with Gasteiger partial charge in [-0.1, -0.05) is 24.3 Å². The third-order valence-electron chi connectivity index (χ3n) is 8.13. The number of urea groups is 1. The first-order valence-electron chi connectivity index (χ1n) is 12.4. The Morgan fingerprint density at radius 3 is 2.38 bits per heavy atom. The van der Waals surface area contributed by atoms with Gasteiger partial charge in [-0.15, -0.1) is 0 Å². The minimum Gasteiger partial charge on any atom is -0.350 e. The first-order valence-corrected chi connectivity index (χ1v) is 12.4. The van der Waals surface area contributed by atoms with Crippen LogP contribution in [0, 0.1) is 5.92 Å². The summed E-state index contributed by atoms with van der Waals surface area (Å²) in [4.78, 5) is 30.2. The Morgan fingerprint density at radius 2 is 1.72 bits per heavy atom. The summed E-state index contributed by atoms with van der Waals surface area (Å²) >= 11 is 0. The van der Waals surface area contributed by atoms with Crippen LogP contribution in [0.2, 0.25) is 0 Å². The predicted molar refractivity (Wildman–Crippen MR) is 128 cm³/mol. The maximum Gasteiger partial charge on any atom is 0.319 e. The minimum absolute atomic E-state index is 0.0625. The molecule has 1 unspecified atom stereocenters. The Hall–Kier alpha value is -2.08. The number of rotatable bonds is 4. The molecule has 32 heavy (non-hydrogen) atoms. The van der Waals surface area contributed by atoms with Crippen LogP contribution in [0.15, 0.2) is 24.3 Å². The van der Waals surface area contributed by atoms with E-state index >= 15 is 0 Å². The van der Waals surface area contributed by atoms with Crippen LogP contribution >= 0.6 is 0 Å². The van der Waals surface area contributed by atoms with E-state index in [2.05, 4.69) is 34.5 Å². The Kier molecular flexibility index (Phi) is 7.08. The number of carbonyl (C=O) groups is 2. The second-order valence-corrected chi connectivity index (χ2v) is 10.4. The molecule has 2 aliphatic heterocycles. The van der Waals surface area contributed by atoms with Crippen molar-refractivity contribution in [1.29, 1.82) is 0 Å². The highest BCUT2D eigenvalue weighted by molar-refractivity contribution is 5.74. The van der Waals surface area contributed by atoms with E-state index in [1.165, 1.54) is 43.4 Å². The largest absolute Gasteiger partial charge is 0.350 e. The molecule has 1 aromatic rings. The average molecular weight is 441 g/mol. The quantitative estimate of drug-likeness (QED) is 0.775. The van der Waals surface area contributed by atoms with Crippen LogP contribution in [0.1, 0.15) is 69.0 Å². The summed E-state index contributed by atoms with van der Waals surface area (Å²) in [6.07, 6.45) is 8.16. The maximum absolute atomic E-state index is 12.1. The van der Waals surface area contributed by atoms with Crippen molar-refractivity contribution in [2.24, 2.45) is 5.92 Å². The fourth-order valence-electron chi connectivity index (χ4n) is 6.17. The molecule has 1 aliphatic carbocycles. The SMILES string of the molecule is CC(=O)NC1CCC2(CCN(CCC3CCN(C(=O)N(C)C)CC3)CC2)c2ccccc21. The second-order valence-electron chi connectivity index (χ2n) is 10.4. The van der Waals surface area contributed by atoms with Crippen LogP contribution in [-0.2, 0) is 10.2 Å². The van der Waals surface area contributed by atoms with Gasteiger partial charge in [0.15, 0.2) is 0 Å². The van der Waals surface area contributed by atoms with E-state index in [-0.39, 0.29) is 23.4 Å². The summed E-state index contributed by atoms with van der Waals surface area (Å²) in [7, 11) is 3.67. The van der Waals surface area contributed by atoms with Gasteiger partial charge in [-0.25, -0.2) is 4.79 Å². The molecular weight excluding hydrogens is 400 g/mol. The zero-order valence-corrected chi connectivity index (χ0v) is 20.1. The first-order chi connectivity index (χ1) is 15.4. The number of hydrogen-bond donors (Lipinski definition) is 1. The van der Waals surface area contributed by atoms with E-state index in [1.807, 2.05) is 19.0 Å². The van der Waals surface area contributed by atoms with Crippen molar-refractivity contribution >= 4 is 11.9 Å². The van der Waals surface area contributed by atoms with Crippen LogP contribution in [0.3, 0.4) is 0 Å². The fourth-order valence-corrected chi connectivity index (χ4v) is 6.17. The van der Waals surface area contributed by atoms with Crippen LogP contribution in [0.5, 0.6) is 0 Å². The summed E-state index contributed by atoms with van der Waals surface area (Å²) in [6, 6.07) is 9.12. The molecule has 2 fully saturated rings. The van der Waals surface area contributed by atoms with E-state index < -0.39 is 0 Å². The smallest absolute Gasteiger partial charge is 0.319 e. The molecule has 6 nitrogen and oxygen atoms in total. The third-order valence-corrected chi connectivity index (χ3v) is 8.13. The highest BCUT2D eigenvalue weighted by Gasteiger charge is 2.42. The highest BCUT2D eigenvalue weighted by atomic mass is 16.2. The Labute approximate surface area is 193 Å². The summed E-state index contributed by atoms with van der Waals surface area (Å²) < 4.78 is 0. The minimum atomic E-state index is 0.0625. The fraction of sp³-hybridized carbons (Fsp3) is 0.692. The number of piperidine rings is 2. The topological polar surface area (TPSA) is 55.9 Å². The lowest BCUT2D eigenvalue weighted by Gasteiger charge is -2.47. The standard InChI is InChI=1S/C26H40N4O2/c1-20(31)27-24-8-12-26(23-7-5-4-6-22(23)24)13-18-29(19-14-26)15-9-21-10-16-30(17-11-21)25(32)28(2)3/h4-7,21,24H,8-19H2,1-3H3,(H,27,31). The summed E-state index contributed by atoms with van der Waals surface area (Å²) in [5.74, 6) is 0.804. The van der Waals surface area contributed by atoms with Crippen molar-refractivity contribution < 1.29 is 9.59 Å². The maximum atomic E-state index is 12.1. The van der Waals surface area contributed by atoms with Gasteiger partial charge >= 0.3 is 6.03 Å². The normalized spacial score (nSPS) is 23.6. The molecule has 1 N–H and O–H groups in total. The molecule has 6 heteroatoms. The van der Waals surface area contributed by atoms with E-state index in [0.717, 1.165) is 51.4 Å². The molecular formula is C26H40N4O2. The highest BCUT2D eigenvalue weighted by Crippen LogP contribution is 2.48. The van der Waals surface area contributed by atoms with E-state index in [0.29, 0.717) is 0 Å². The average Bonchev–Trinajstić information content (AvgIpc) is 2.80. The number of fused-ring (bicyclic) bond motifs is 2. The lowest BCUT2D eigenvalue weighted by Crippen LogP contribution is -2.47. The van der Waals surface area contributed by atoms with Crippen molar-refractivity contribution in [1.82, 2.24) is 20.0 Å². The Morgan fingerprint density at radius 1 is 1.03 bits per heavy atom. The molecule has 2 heterocycles. The number of hydrogen-bond acceptors (Lipinski definition) is 3. The molecule has 3 aliphatic rings. The number of carbonyl (C=O) groups excluding carboxylic acids is 2. The van der Waals surface area contributed by atoms with Crippen molar-refractivity contribution in [2.45, 2.75) is 63.3 Å². The monoisotopic (exact) mass is 440 g/mol. The molecule has 4 rings (SSSR count). The first kappa shape index (κ1) is 23.1. The van der Waals surface area contributed by atoms with E-state index in [1.54, 1.807) is 11.8 Å². The predicted octanol–water partition coefficient (Wildman–Crippen LogP) is 3.77. The number of likely N-dealkylation sites (tertiary alicyclic amines) is 2. The van der Waals surface area contributed by atoms with Crippen molar-refractivity contribution in [2.75, 3.05) is 46.8 Å². The van der Waals surface area contributed by atoms with Crippen molar-refractivity contribution in [3.8, 4) is 0 Å².